The molecule has 0 fully saturated rings. The molecule has 0 spiro atoms. The van der Waals surface area contributed by atoms with Crippen molar-refractivity contribution in [2.45, 2.75) is 44.7 Å². The zero-order valence-corrected chi connectivity index (χ0v) is 19.0. The van der Waals surface area contributed by atoms with Gasteiger partial charge in [0.15, 0.2) is 0 Å². The predicted molar refractivity (Wildman–Crippen MR) is 122 cm³/mol. The number of carbonyl (C=O) groups excluding carboxylic acids is 2. The molecule has 34 heavy (non-hydrogen) atoms. The van der Waals surface area contributed by atoms with Crippen molar-refractivity contribution >= 4 is 17.8 Å². The number of aryl methyl sites for hydroxylation is 1. The lowest BCUT2D eigenvalue weighted by Crippen LogP contribution is -2.65. The minimum Gasteiger partial charge on any atom is -0.477 e. The molecule has 0 aliphatic carbocycles. The lowest BCUT2D eigenvalue weighted by Gasteiger charge is -2.27. The van der Waals surface area contributed by atoms with E-state index in [0.717, 1.165) is 19.3 Å². The Bertz CT molecular complexity index is 917. The van der Waals surface area contributed by atoms with Gasteiger partial charge in [-0.3, -0.25) is 9.59 Å². The second-order valence-electron chi connectivity index (χ2n) is 7.62. The molecule has 186 valence electrons. The third-order valence-electron chi connectivity index (χ3n) is 4.98. The normalized spacial score (nSPS) is 12.2. The maximum absolute atomic E-state index is 11.6. The van der Waals surface area contributed by atoms with Gasteiger partial charge in [0, 0.05) is 0 Å². The molecule has 1 unspecified atom stereocenters. The third kappa shape index (κ3) is 7.92. The number of primary amides is 1. The van der Waals surface area contributed by atoms with Crippen molar-refractivity contribution in [1.29, 1.82) is 0 Å². The smallest absolute Gasteiger partial charge is 0.370 e. The topological polar surface area (TPSA) is 188 Å². The molecular weight excluding hydrogens is 446 g/mol. The summed E-state index contributed by atoms with van der Waals surface area (Å²) in [6, 6.07) is 19.1. The van der Waals surface area contributed by atoms with Crippen molar-refractivity contribution in [2.75, 3.05) is 6.61 Å². The Labute approximate surface area is 197 Å². The molecular formula is C24H31NO9. The van der Waals surface area contributed by atoms with Gasteiger partial charge in [0.25, 0.3) is 5.91 Å². The zero-order valence-electron chi connectivity index (χ0n) is 19.0. The van der Waals surface area contributed by atoms with E-state index in [-0.39, 0.29) is 11.9 Å². The van der Waals surface area contributed by atoms with E-state index in [2.05, 4.69) is 54.3 Å². The summed E-state index contributed by atoms with van der Waals surface area (Å²) in [4.78, 5) is 31.6. The number of aliphatic hydroxyl groups is 4. The average molecular weight is 478 g/mol. The SMILES string of the molecule is CCOC(=O)C(C)CCCc1ccc(-c2ccccc2)cc1.NC(=O)C(O)(O)C(O)(O)C(=O)O. The van der Waals surface area contributed by atoms with Crippen molar-refractivity contribution in [1.82, 2.24) is 0 Å². The molecule has 2 rings (SSSR count). The molecule has 0 saturated carbocycles. The van der Waals surface area contributed by atoms with Gasteiger partial charge >= 0.3 is 23.5 Å². The first kappa shape index (κ1) is 28.7. The summed E-state index contributed by atoms with van der Waals surface area (Å²) < 4.78 is 5.03. The van der Waals surface area contributed by atoms with Gasteiger partial charge in [0.05, 0.1) is 12.5 Å². The molecule has 1 atom stereocenters. The van der Waals surface area contributed by atoms with Gasteiger partial charge in [0.2, 0.25) is 0 Å². The number of carbonyl (C=O) groups is 3. The lowest BCUT2D eigenvalue weighted by molar-refractivity contribution is -0.325. The number of rotatable bonds is 10. The van der Waals surface area contributed by atoms with Crippen molar-refractivity contribution in [2.24, 2.45) is 11.7 Å². The Morgan fingerprint density at radius 3 is 1.88 bits per heavy atom. The van der Waals surface area contributed by atoms with Crippen LogP contribution < -0.4 is 5.73 Å². The van der Waals surface area contributed by atoms with Crippen LogP contribution in [0.3, 0.4) is 0 Å². The van der Waals surface area contributed by atoms with Gasteiger partial charge in [-0.15, -0.1) is 0 Å². The number of hydrogen-bond donors (Lipinski definition) is 6. The van der Waals surface area contributed by atoms with Gasteiger partial charge < -0.3 is 36.0 Å². The summed E-state index contributed by atoms with van der Waals surface area (Å²) >= 11 is 0. The molecule has 0 radical (unpaired) electrons. The Balaban J connectivity index is 0.000000411. The van der Waals surface area contributed by atoms with E-state index in [0.29, 0.717) is 6.61 Å². The largest absolute Gasteiger partial charge is 0.477 e. The quantitative estimate of drug-likeness (QED) is 0.212. The number of carboxylic acid groups (broad SMARTS) is 1. The molecule has 2 aromatic rings. The van der Waals surface area contributed by atoms with Crippen LogP contribution in [0.25, 0.3) is 11.1 Å². The van der Waals surface area contributed by atoms with E-state index in [4.69, 9.17) is 30.3 Å². The summed E-state index contributed by atoms with van der Waals surface area (Å²) in [7, 11) is 0. The van der Waals surface area contributed by atoms with E-state index in [1.165, 1.54) is 16.7 Å². The molecule has 0 aliphatic heterocycles. The second-order valence-corrected chi connectivity index (χ2v) is 7.62. The van der Waals surface area contributed by atoms with Crippen molar-refractivity contribution in [3.8, 4) is 11.1 Å². The molecule has 0 bridgehead atoms. The van der Waals surface area contributed by atoms with Gasteiger partial charge in [0.1, 0.15) is 0 Å². The number of ether oxygens (including phenoxy) is 1. The highest BCUT2D eigenvalue weighted by molar-refractivity contribution is 5.90. The molecule has 0 heterocycles. The highest BCUT2D eigenvalue weighted by atomic mass is 16.6. The van der Waals surface area contributed by atoms with Crippen LogP contribution in [0.4, 0.5) is 0 Å². The van der Waals surface area contributed by atoms with Gasteiger partial charge in [-0.25, -0.2) is 4.79 Å². The Kier molecular flexibility index (Phi) is 10.8. The minimum atomic E-state index is -4.03. The van der Waals surface area contributed by atoms with Gasteiger partial charge in [-0.2, -0.15) is 0 Å². The Morgan fingerprint density at radius 2 is 1.44 bits per heavy atom. The van der Waals surface area contributed by atoms with E-state index < -0.39 is 23.5 Å². The lowest BCUT2D eigenvalue weighted by atomic mass is 9.99. The van der Waals surface area contributed by atoms with Crippen molar-refractivity contribution in [3.05, 3.63) is 60.2 Å². The summed E-state index contributed by atoms with van der Waals surface area (Å²) in [6.45, 7) is 4.25. The zero-order chi connectivity index (χ0) is 25.9. The summed E-state index contributed by atoms with van der Waals surface area (Å²) in [5, 5.41) is 41.9. The van der Waals surface area contributed by atoms with E-state index in [1.807, 2.05) is 19.9 Å². The fourth-order valence-corrected chi connectivity index (χ4v) is 2.83. The number of hydrogen-bond acceptors (Lipinski definition) is 8. The minimum absolute atomic E-state index is 0.0106. The van der Waals surface area contributed by atoms with Crippen LogP contribution in [0.2, 0.25) is 0 Å². The van der Waals surface area contributed by atoms with Crippen LogP contribution in [0.5, 0.6) is 0 Å². The van der Waals surface area contributed by atoms with Crippen LogP contribution in [-0.4, -0.2) is 61.6 Å². The summed E-state index contributed by atoms with van der Waals surface area (Å²) in [6.07, 6.45) is 2.88. The van der Waals surface area contributed by atoms with E-state index in [9.17, 15) is 14.4 Å². The molecule has 10 nitrogen and oxygen atoms in total. The van der Waals surface area contributed by atoms with Crippen LogP contribution in [-0.2, 0) is 25.5 Å². The van der Waals surface area contributed by atoms with Crippen molar-refractivity contribution < 1.29 is 44.7 Å². The predicted octanol–water partition coefficient (Wildman–Crippen LogP) is 0.794. The van der Waals surface area contributed by atoms with E-state index in [1.54, 1.807) is 0 Å². The maximum atomic E-state index is 11.6. The standard InChI is InChI=1S/C20H24O2.C4H7NO7/c1-3-22-20(21)16(2)8-7-9-17-12-14-19(15-13-17)18-10-5-4-6-11-18;5-1(6)3(9,10)4(11,12)2(7)8/h4-6,10-16H,3,7-9H2,1-2H3;9-12H,(H2,5,6)(H,7,8). The fourth-order valence-electron chi connectivity index (χ4n) is 2.83. The number of esters is 1. The monoisotopic (exact) mass is 477 g/mol. The van der Waals surface area contributed by atoms with Crippen molar-refractivity contribution in [3.63, 3.8) is 0 Å². The summed E-state index contributed by atoms with van der Waals surface area (Å²) in [5.41, 5.74) is 8.07. The third-order valence-corrected chi connectivity index (χ3v) is 4.98. The maximum Gasteiger partial charge on any atom is 0.370 e. The molecule has 1 amide bonds. The number of aliphatic carboxylic acids is 1. The molecule has 0 saturated heterocycles. The van der Waals surface area contributed by atoms with Crippen LogP contribution >= 0.6 is 0 Å². The van der Waals surface area contributed by atoms with Crippen LogP contribution in [0, 0.1) is 5.92 Å². The first-order chi connectivity index (χ1) is 15.8. The first-order valence-corrected chi connectivity index (χ1v) is 10.6. The number of carboxylic acids is 1. The molecule has 7 N–H and O–H groups in total. The van der Waals surface area contributed by atoms with Crippen LogP contribution in [0.15, 0.2) is 54.6 Å². The molecule has 10 heteroatoms. The summed E-state index contributed by atoms with van der Waals surface area (Å²) in [5.74, 6) is -12.5. The van der Waals surface area contributed by atoms with E-state index >= 15 is 0 Å². The van der Waals surface area contributed by atoms with Gasteiger partial charge in [-0.1, -0.05) is 61.5 Å². The highest BCUT2D eigenvalue weighted by Crippen LogP contribution is 2.20. The van der Waals surface area contributed by atoms with Gasteiger partial charge in [-0.05, 0) is 42.9 Å². The first-order valence-electron chi connectivity index (χ1n) is 10.6. The molecule has 2 aromatic carbocycles. The Hall–Kier alpha value is -3.31. The Morgan fingerprint density at radius 1 is 0.912 bits per heavy atom. The average Bonchev–Trinajstić information content (AvgIpc) is 2.80. The molecule has 0 aromatic heterocycles. The number of amides is 1. The highest BCUT2D eigenvalue weighted by Gasteiger charge is 2.58. The molecule has 0 aliphatic rings. The number of benzene rings is 2. The fraction of sp³-hybridized carbons (Fsp3) is 0.375. The second kappa shape index (κ2) is 12.8. The van der Waals surface area contributed by atoms with Crippen LogP contribution in [0.1, 0.15) is 32.3 Å². The number of nitrogens with two attached hydrogens (primary N) is 1.